The molecule has 0 radical (unpaired) electrons. The van der Waals surface area contributed by atoms with Crippen LogP contribution >= 0.6 is 0 Å². The molecule has 3 nitrogen and oxygen atoms in total. The fourth-order valence-electron chi connectivity index (χ4n) is 12.4. The van der Waals surface area contributed by atoms with Crippen LogP contribution in [0.1, 0.15) is 30.5 Å². The Morgan fingerprint density at radius 3 is 1.53 bits per heavy atom. The number of fused-ring (bicyclic) bond motifs is 8. The first-order valence-corrected chi connectivity index (χ1v) is 25.9. The molecule has 0 aromatic heterocycles. The zero-order chi connectivity index (χ0) is 49.5. The number of hydrogen-bond acceptors (Lipinski definition) is 3. The van der Waals surface area contributed by atoms with Crippen molar-refractivity contribution in [2.45, 2.75) is 26.2 Å². The molecule has 2 aliphatic heterocycles. The minimum atomic E-state index is -0.265. The third-order valence-corrected chi connectivity index (χ3v) is 15.9. The molecule has 0 bridgehead atoms. The van der Waals surface area contributed by atoms with E-state index in [4.69, 9.17) is 0 Å². The van der Waals surface area contributed by atoms with Gasteiger partial charge in [0.05, 0.1) is 5.69 Å². The highest BCUT2D eigenvalue weighted by Gasteiger charge is 2.50. The van der Waals surface area contributed by atoms with Gasteiger partial charge in [0.15, 0.2) is 0 Å². The molecular formula is C70H52BN3. The highest BCUT2D eigenvalue weighted by molar-refractivity contribution is 6.93. The molecule has 11 aromatic carbocycles. The third-order valence-electron chi connectivity index (χ3n) is 15.9. The second-order valence-corrected chi connectivity index (χ2v) is 20.5. The summed E-state index contributed by atoms with van der Waals surface area (Å²) in [4.78, 5) is 7.72. The number of rotatable bonds is 8. The van der Waals surface area contributed by atoms with E-state index in [1.165, 1.54) is 94.6 Å². The molecule has 2 heterocycles. The quantitative estimate of drug-likeness (QED) is 0.141. The van der Waals surface area contributed by atoms with E-state index >= 15 is 0 Å². The Balaban J connectivity index is 1.11. The van der Waals surface area contributed by atoms with E-state index in [1.807, 2.05) is 0 Å². The van der Waals surface area contributed by atoms with Crippen LogP contribution in [0.4, 0.5) is 45.5 Å². The van der Waals surface area contributed by atoms with Gasteiger partial charge in [-0.25, -0.2) is 0 Å². The molecule has 0 N–H and O–H groups in total. The van der Waals surface area contributed by atoms with Crippen LogP contribution < -0.4 is 25.5 Å². The summed E-state index contributed by atoms with van der Waals surface area (Å²) in [5.41, 5.74) is 27.7. The van der Waals surface area contributed by atoms with E-state index in [1.54, 1.807) is 0 Å². The fourth-order valence-corrected chi connectivity index (χ4v) is 12.4. The van der Waals surface area contributed by atoms with Crippen LogP contribution in [0, 0.1) is 6.92 Å². The number of aryl methyl sites for hydroxylation is 1. The second-order valence-electron chi connectivity index (χ2n) is 20.5. The molecule has 0 fully saturated rings. The van der Waals surface area contributed by atoms with E-state index < -0.39 is 0 Å². The highest BCUT2D eigenvalue weighted by atomic mass is 15.2. The molecule has 0 unspecified atom stereocenters. The number of anilines is 8. The minimum Gasteiger partial charge on any atom is -0.376 e. The van der Waals surface area contributed by atoms with Crippen molar-refractivity contribution in [2.24, 2.45) is 0 Å². The van der Waals surface area contributed by atoms with Crippen LogP contribution in [0.25, 0.3) is 55.6 Å². The molecule has 3 aliphatic rings. The van der Waals surface area contributed by atoms with E-state index in [-0.39, 0.29) is 12.3 Å². The summed E-state index contributed by atoms with van der Waals surface area (Å²) < 4.78 is 0. The second kappa shape index (κ2) is 17.3. The Morgan fingerprint density at radius 2 is 0.905 bits per heavy atom. The van der Waals surface area contributed by atoms with Crippen molar-refractivity contribution in [1.82, 2.24) is 0 Å². The first-order chi connectivity index (χ1) is 36.4. The molecule has 0 saturated carbocycles. The van der Waals surface area contributed by atoms with Crippen LogP contribution in [-0.2, 0) is 5.41 Å². The Kier molecular flexibility index (Phi) is 10.2. The maximum absolute atomic E-state index is 2.66. The van der Waals surface area contributed by atoms with Crippen molar-refractivity contribution < 1.29 is 0 Å². The lowest BCUT2D eigenvalue weighted by atomic mass is 9.43. The van der Waals surface area contributed by atoms with Gasteiger partial charge in [0, 0.05) is 56.4 Å². The summed E-state index contributed by atoms with van der Waals surface area (Å²) in [6, 6.07) is 96.5. The van der Waals surface area contributed by atoms with Gasteiger partial charge in [-0.3, -0.25) is 0 Å². The summed E-state index contributed by atoms with van der Waals surface area (Å²) in [7, 11) is 0. The number of para-hydroxylation sites is 2. The summed E-state index contributed by atoms with van der Waals surface area (Å²) in [6.07, 6.45) is 0. The van der Waals surface area contributed by atoms with Crippen molar-refractivity contribution in [3.63, 3.8) is 0 Å². The van der Waals surface area contributed by atoms with Crippen LogP contribution in [0.5, 0.6) is 0 Å². The standard InChI is InChI=1S/C70H52BN3/c1-47-43-52(49-23-11-5-12-24-49)36-42-64(47)73-66-45-57(72(54-27-15-7-16-28-54)55-29-17-8-18-30-55)39-41-63(66)71-68-60(46-62-67(69(68)73)59-31-19-20-32-61(59)70(62,2)3)58-40-35-53(50-25-13-6-14-26-50)44-65(58)74(71)56-37-33-51(34-38-56)48-21-9-4-10-22-48/h4-46H,1-3H3. The van der Waals surface area contributed by atoms with E-state index in [9.17, 15) is 0 Å². The molecule has 11 aromatic rings. The fraction of sp³-hybridized carbons (Fsp3) is 0.0571. The molecule has 0 saturated heterocycles. The number of benzene rings is 11. The van der Waals surface area contributed by atoms with Gasteiger partial charge in [0.1, 0.15) is 0 Å². The molecular weight excluding hydrogens is 894 g/mol. The molecule has 350 valence electrons. The van der Waals surface area contributed by atoms with Crippen molar-refractivity contribution in [3.05, 3.63) is 278 Å². The predicted molar refractivity (Wildman–Crippen MR) is 313 cm³/mol. The van der Waals surface area contributed by atoms with Gasteiger partial charge >= 0.3 is 6.85 Å². The maximum Gasteiger partial charge on any atom is 0.333 e. The maximum atomic E-state index is 2.66. The molecule has 14 rings (SSSR count). The van der Waals surface area contributed by atoms with Gasteiger partial charge in [0.2, 0.25) is 0 Å². The molecule has 1 aliphatic carbocycles. The van der Waals surface area contributed by atoms with Crippen molar-refractivity contribution in [3.8, 4) is 55.6 Å². The molecule has 0 atom stereocenters. The number of hydrogen-bond donors (Lipinski definition) is 0. The topological polar surface area (TPSA) is 9.72 Å². The van der Waals surface area contributed by atoms with Gasteiger partial charge in [0.25, 0.3) is 0 Å². The lowest BCUT2D eigenvalue weighted by molar-refractivity contribution is 0.660. The Hall–Kier alpha value is -9.12. The minimum absolute atomic E-state index is 0.201. The van der Waals surface area contributed by atoms with Gasteiger partial charge < -0.3 is 14.6 Å². The van der Waals surface area contributed by atoms with E-state index in [0.717, 1.165) is 34.1 Å². The van der Waals surface area contributed by atoms with Crippen molar-refractivity contribution >= 4 is 63.3 Å². The average molecular weight is 946 g/mol. The zero-order valence-electron chi connectivity index (χ0n) is 41.7. The SMILES string of the molecule is Cc1cc(-c2ccccc2)ccc1N1c2cc(N(c3ccccc3)c3ccccc3)ccc2B2c3c(cc4c(c31)-c1ccccc1C4(C)C)-c1ccc(-c3ccccc3)cc1N2c1ccc(-c2ccccc2)cc1. The van der Waals surface area contributed by atoms with Crippen LogP contribution in [0.2, 0.25) is 0 Å². The van der Waals surface area contributed by atoms with Crippen molar-refractivity contribution in [1.29, 1.82) is 0 Å². The molecule has 0 spiro atoms. The van der Waals surface area contributed by atoms with Crippen LogP contribution in [-0.4, -0.2) is 6.85 Å². The van der Waals surface area contributed by atoms with Gasteiger partial charge in [-0.1, -0.05) is 202 Å². The summed E-state index contributed by atoms with van der Waals surface area (Å²) in [5, 5.41) is 0. The van der Waals surface area contributed by atoms with E-state index in [2.05, 4.69) is 296 Å². The lowest BCUT2D eigenvalue weighted by Gasteiger charge is -2.47. The van der Waals surface area contributed by atoms with Gasteiger partial charge in [-0.15, -0.1) is 0 Å². The highest BCUT2D eigenvalue weighted by Crippen LogP contribution is 2.58. The predicted octanol–water partition coefficient (Wildman–Crippen LogP) is 17.5. The first-order valence-electron chi connectivity index (χ1n) is 25.9. The smallest absolute Gasteiger partial charge is 0.333 e. The number of nitrogens with zero attached hydrogens (tertiary/aromatic N) is 3. The molecule has 0 amide bonds. The Morgan fingerprint density at radius 1 is 0.378 bits per heavy atom. The van der Waals surface area contributed by atoms with Gasteiger partial charge in [-0.05, 0) is 152 Å². The largest absolute Gasteiger partial charge is 0.376 e. The van der Waals surface area contributed by atoms with Crippen molar-refractivity contribution in [2.75, 3.05) is 14.6 Å². The Labute approximate surface area is 435 Å². The monoisotopic (exact) mass is 945 g/mol. The van der Waals surface area contributed by atoms with Gasteiger partial charge in [-0.2, -0.15) is 0 Å². The van der Waals surface area contributed by atoms with Crippen LogP contribution in [0.15, 0.2) is 261 Å². The average Bonchev–Trinajstić information content (AvgIpc) is 3.77. The normalized spacial score (nSPS) is 13.4. The Bertz CT molecular complexity index is 3890. The first kappa shape index (κ1) is 43.7. The summed E-state index contributed by atoms with van der Waals surface area (Å²) in [6.45, 7) is 6.95. The lowest BCUT2D eigenvalue weighted by Crippen LogP contribution is -2.61. The third kappa shape index (κ3) is 6.90. The van der Waals surface area contributed by atoms with Crippen LogP contribution in [0.3, 0.4) is 0 Å². The van der Waals surface area contributed by atoms with E-state index in [0.29, 0.717) is 0 Å². The summed E-state index contributed by atoms with van der Waals surface area (Å²) >= 11 is 0. The molecule has 4 heteroatoms. The summed E-state index contributed by atoms with van der Waals surface area (Å²) in [5.74, 6) is 0. The zero-order valence-corrected chi connectivity index (χ0v) is 41.7. The molecule has 74 heavy (non-hydrogen) atoms.